The number of rotatable bonds is 4. The summed E-state index contributed by atoms with van der Waals surface area (Å²) in [5.74, 6) is -0.123. The largest absolute Gasteiger partial charge is 0.341 e. The standard InChI is InChI=1S/C16H21FN2/c1-11(2)19-13(10-18-12-5-3-6-12)9-14-15(17)7-4-8-16(14)19/h4,7-9,11-12,18H,3,5-6,10H2,1-2H3. The van der Waals surface area contributed by atoms with Crippen LogP contribution in [0.1, 0.15) is 44.8 Å². The van der Waals surface area contributed by atoms with Crippen molar-refractivity contribution in [3.63, 3.8) is 0 Å². The average molecular weight is 260 g/mol. The number of fused-ring (bicyclic) bond motifs is 1. The molecule has 1 aliphatic rings. The third-order valence-corrected chi connectivity index (χ3v) is 4.10. The summed E-state index contributed by atoms with van der Waals surface area (Å²) in [6, 6.07) is 8.33. The van der Waals surface area contributed by atoms with E-state index in [2.05, 4.69) is 23.7 Å². The summed E-state index contributed by atoms with van der Waals surface area (Å²) < 4.78 is 16.1. The van der Waals surface area contributed by atoms with Gasteiger partial charge < -0.3 is 9.88 Å². The molecule has 3 rings (SSSR count). The Morgan fingerprint density at radius 1 is 1.37 bits per heavy atom. The lowest BCUT2D eigenvalue weighted by atomic mass is 9.93. The Morgan fingerprint density at radius 3 is 2.79 bits per heavy atom. The first-order valence-electron chi connectivity index (χ1n) is 7.18. The van der Waals surface area contributed by atoms with Crippen LogP contribution in [0.15, 0.2) is 24.3 Å². The maximum absolute atomic E-state index is 13.9. The molecule has 0 bridgehead atoms. The predicted molar refractivity (Wildman–Crippen MR) is 76.8 cm³/mol. The molecule has 0 radical (unpaired) electrons. The Bertz CT molecular complexity index is 582. The molecule has 102 valence electrons. The third-order valence-electron chi connectivity index (χ3n) is 4.10. The molecule has 1 aromatic carbocycles. The van der Waals surface area contributed by atoms with Crippen LogP contribution in [0.4, 0.5) is 4.39 Å². The van der Waals surface area contributed by atoms with Gasteiger partial charge in [-0.2, -0.15) is 0 Å². The number of aromatic nitrogens is 1. The number of hydrogen-bond donors (Lipinski definition) is 1. The van der Waals surface area contributed by atoms with Crippen LogP contribution in [0.25, 0.3) is 10.9 Å². The van der Waals surface area contributed by atoms with E-state index in [0.29, 0.717) is 12.1 Å². The van der Waals surface area contributed by atoms with Crippen molar-refractivity contribution in [3.8, 4) is 0 Å². The fraction of sp³-hybridized carbons (Fsp3) is 0.500. The highest BCUT2D eigenvalue weighted by Crippen LogP contribution is 2.27. The lowest BCUT2D eigenvalue weighted by Gasteiger charge is -2.27. The molecule has 2 nitrogen and oxygen atoms in total. The first kappa shape index (κ1) is 12.7. The molecule has 0 spiro atoms. The molecule has 0 atom stereocenters. The van der Waals surface area contributed by atoms with Crippen molar-refractivity contribution in [1.29, 1.82) is 0 Å². The minimum atomic E-state index is -0.123. The van der Waals surface area contributed by atoms with Gasteiger partial charge in [0.2, 0.25) is 0 Å². The Morgan fingerprint density at radius 2 is 2.16 bits per heavy atom. The number of nitrogens with one attached hydrogen (secondary N) is 1. The van der Waals surface area contributed by atoms with Gasteiger partial charge in [-0.3, -0.25) is 0 Å². The molecule has 0 amide bonds. The van der Waals surface area contributed by atoms with Crippen molar-refractivity contribution >= 4 is 10.9 Å². The minimum absolute atomic E-state index is 0.123. The van der Waals surface area contributed by atoms with Crippen molar-refractivity contribution in [2.24, 2.45) is 0 Å². The number of benzene rings is 1. The SMILES string of the molecule is CC(C)n1c(CNC2CCC2)cc2c(F)cccc21. The number of nitrogens with zero attached hydrogens (tertiary/aromatic N) is 1. The molecule has 19 heavy (non-hydrogen) atoms. The Kier molecular flexibility index (Phi) is 3.31. The van der Waals surface area contributed by atoms with Gasteiger partial charge in [0.25, 0.3) is 0 Å². The predicted octanol–water partition coefficient (Wildman–Crippen LogP) is 4.00. The first-order chi connectivity index (χ1) is 9.16. The van der Waals surface area contributed by atoms with Crippen molar-refractivity contribution in [2.45, 2.75) is 51.7 Å². The van der Waals surface area contributed by atoms with Crippen LogP contribution in [-0.4, -0.2) is 10.6 Å². The van der Waals surface area contributed by atoms with Crippen LogP contribution in [0.2, 0.25) is 0 Å². The molecule has 1 saturated carbocycles. The summed E-state index contributed by atoms with van der Waals surface area (Å²) in [6.07, 6.45) is 3.88. The zero-order valence-corrected chi connectivity index (χ0v) is 11.6. The second-order valence-corrected chi connectivity index (χ2v) is 5.78. The maximum Gasteiger partial charge on any atom is 0.132 e. The third kappa shape index (κ3) is 2.27. The molecule has 1 N–H and O–H groups in total. The van der Waals surface area contributed by atoms with Gasteiger partial charge in [-0.15, -0.1) is 0 Å². The lowest BCUT2D eigenvalue weighted by Crippen LogP contribution is -2.35. The minimum Gasteiger partial charge on any atom is -0.341 e. The number of halogens is 1. The molecule has 1 aromatic heterocycles. The van der Waals surface area contributed by atoms with E-state index in [4.69, 9.17) is 0 Å². The summed E-state index contributed by atoms with van der Waals surface area (Å²) in [4.78, 5) is 0. The van der Waals surface area contributed by atoms with Gasteiger partial charge in [0.05, 0.1) is 5.52 Å². The Hall–Kier alpha value is -1.35. The normalized spacial score (nSPS) is 16.2. The van der Waals surface area contributed by atoms with E-state index in [1.54, 1.807) is 6.07 Å². The molecule has 1 heterocycles. The number of hydrogen-bond acceptors (Lipinski definition) is 1. The van der Waals surface area contributed by atoms with E-state index >= 15 is 0 Å². The molecule has 0 saturated heterocycles. The quantitative estimate of drug-likeness (QED) is 0.879. The van der Waals surface area contributed by atoms with Gasteiger partial charge >= 0.3 is 0 Å². The van der Waals surface area contributed by atoms with E-state index < -0.39 is 0 Å². The van der Waals surface area contributed by atoms with Crippen molar-refractivity contribution in [2.75, 3.05) is 0 Å². The highest BCUT2D eigenvalue weighted by molar-refractivity contribution is 5.82. The van der Waals surface area contributed by atoms with Crippen molar-refractivity contribution < 1.29 is 4.39 Å². The highest BCUT2D eigenvalue weighted by Gasteiger charge is 2.18. The molecule has 3 heteroatoms. The highest BCUT2D eigenvalue weighted by atomic mass is 19.1. The van der Waals surface area contributed by atoms with Crippen LogP contribution in [0, 0.1) is 5.82 Å². The molecular weight excluding hydrogens is 239 g/mol. The molecule has 0 unspecified atom stereocenters. The fourth-order valence-electron chi connectivity index (χ4n) is 2.88. The van der Waals surface area contributed by atoms with E-state index in [1.165, 1.54) is 31.0 Å². The van der Waals surface area contributed by atoms with Gasteiger partial charge in [-0.25, -0.2) is 4.39 Å². The van der Waals surface area contributed by atoms with Gasteiger partial charge in [-0.1, -0.05) is 12.5 Å². The van der Waals surface area contributed by atoms with Crippen LogP contribution >= 0.6 is 0 Å². The van der Waals surface area contributed by atoms with Crippen LogP contribution in [0.5, 0.6) is 0 Å². The molecule has 2 aromatic rings. The van der Waals surface area contributed by atoms with E-state index in [0.717, 1.165) is 17.4 Å². The lowest BCUT2D eigenvalue weighted by molar-refractivity contribution is 0.334. The molecule has 0 aliphatic heterocycles. The van der Waals surface area contributed by atoms with E-state index in [9.17, 15) is 4.39 Å². The molecule has 1 fully saturated rings. The molecule has 1 aliphatic carbocycles. The van der Waals surface area contributed by atoms with Crippen LogP contribution in [0.3, 0.4) is 0 Å². The van der Waals surface area contributed by atoms with E-state index in [1.807, 2.05) is 12.1 Å². The van der Waals surface area contributed by atoms with Gasteiger partial charge in [0, 0.05) is 29.7 Å². The fourth-order valence-corrected chi connectivity index (χ4v) is 2.88. The smallest absolute Gasteiger partial charge is 0.132 e. The van der Waals surface area contributed by atoms with Gasteiger partial charge in [0.15, 0.2) is 0 Å². The maximum atomic E-state index is 13.9. The second-order valence-electron chi connectivity index (χ2n) is 5.78. The molecular formula is C16H21FN2. The topological polar surface area (TPSA) is 17.0 Å². The van der Waals surface area contributed by atoms with Gasteiger partial charge in [-0.05, 0) is 44.9 Å². The van der Waals surface area contributed by atoms with Crippen molar-refractivity contribution in [3.05, 3.63) is 35.8 Å². The van der Waals surface area contributed by atoms with Gasteiger partial charge in [0.1, 0.15) is 5.82 Å². The summed E-state index contributed by atoms with van der Waals surface area (Å²) in [6.45, 7) is 5.13. The zero-order chi connectivity index (χ0) is 13.4. The Labute approximate surface area is 113 Å². The summed E-state index contributed by atoms with van der Waals surface area (Å²) in [5.41, 5.74) is 2.18. The first-order valence-corrected chi connectivity index (χ1v) is 7.18. The summed E-state index contributed by atoms with van der Waals surface area (Å²) in [7, 11) is 0. The Balaban J connectivity index is 1.96. The monoisotopic (exact) mass is 260 g/mol. The second kappa shape index (κ2) is 4.97. The van der Waals surface area contributed by atoms with E-state index in [-0.39, 0.29) is 5.82 Å². The summed E-state index contributed by atoms with van der Waals surface area (Å²) >= 11 is 0. The van der Waals surface area contributed by atoms with Crippen LogP contribution in [-0.2, 0) is 6.54 Å². The van der Waals surface area contributed by atoms with Crippen molar-refractivity contribution in [1.82, 2.24) is 9.88 Å². The average Bonchev–Trinajstić information content (AvgIpc) is 2.67. The van der Waals surface area contributed by atoms with Crippen LogP contribution < -0.4 is 5.32 Å². The summed E-state index contributed by atoms with van der Waals surface area (Å²) in [5, 5.41) is 4.31. The zero-order valence-electron chi connectivity index (χ0n) is 11.6.